The van der Waals surface area contributed by atoms with Crippen molar-refractivity contribution in [3.05, 3.63) is 83.9 Å². The van der Waals surface area contributed by atoms with Gasteiger partial charge in [0.1, 0.15) is 5.75 Å². The number of benzene rings is 3. The van der Waals surface area contributed by atoms with Crippen LogP contribution in [0.5, 0.6) is 5.75 Å². The number of carbonyl (C=O) groups is 1. The number of phenols is 1. The number of aromatic hydroxyl groups is 1. The number of hydrogen-bond donors (Lipinski definition) is 4. The van der Waals surface area contributed by atoms with E-state index in [4.69, 9.17) is 0 Å². The highest BCUT2D eigenvalue weighted by Crippen LogP contribution is 2.19. The summed E-state index contributed by atoms with van der Waals surface area (Å²) in [6.07, 6.45) is 0. The molecule has 0 saturated carbocycles. The van der Waals surface area contributed by atoms with E-state index in [1.807, 2.05) is 48.5 Å². The normalized spacial score (nSPS) is 10.7. The van der Waals surface area contributed by atoms with Crippen molar-refractivity contribution in [1.29, 1.82) is 0 Å². The zero-order valence-corrected chi connectivity index (χ0v) is 14.4. The Kier molecular flexibility index (Phi) is 4.45. The van der Waals surface area contributed by atoms with Crippen LogP contribution in [0.25, 0.3) is 11.0 Å². The fourth-order valence-corrected chi connectivity index (χ4v) is 2.79. The zero-order valence-electron chi connectivity index (χ0n) is 14.4. The standard InChI is InChI=1S/C21H18N4O2/c26-19-8-4-1-5-15(19)13-22-16-11-9-14(10-12-16)20(27)25-21-23-17-6-2-3-7-18(17)24-21/h1-12,22,26H,13H2,(H2,23,24,25,27). The fraction of sp³-hybridized carbons (Fsp3) is 0.0476. The summed E-state index contributed by atoms with van der Waals surface area (Å²) in [6, 6.07) is 21.9. The Bertz CT molecular complexity index is 1050. The van der Waals surface area contributed by atoms with E-state index in [9.17, 15) is 9.90 Å². The van der Waals surface area contributed by atoms with Crippen LogP contribution in [0.3, 0.4) is 0 Å². The molecule has 1 heterocycles. The summed E-state index contributed by atoms with van der Waals surface area (Å²) in [5, 5.41) is 15.8. The molecule has 0 radical (unpaired) electrons. The molecule has 0 fully saturated rings. The molecule has 0 aliphatic rings. The van der Waals surface area contributed by atoms with Crippen molar-refractivity contribution in [2.45, 2.75) is 6.54 Å². The second-order valence-electron chi connectivity index (χ2n) is 6.12. The van der Waals surface area contributed by atoms with Gasteiger partial charge in [0.15, 0.2) is 0 Å². The number of nitrogens with one attached hydrogen (secondary N) is 3. The summed E-state index contributed by atoms with van der Waals surface area (Å²) in [5.74, 6) is 0.441. The fourth-order valence-electron chi connectivity index (χ4n) is 2.79. The third kappa shape index (κ3) is 3.74. The largest absolute Gasteiger partial charge is 0.508 e. The van der Waals surface area contributed by atoms with Crippen molar-refractivity contribution >= 4 is 28.6 Å². The van der Waals surface area contributed by atoms with Crippen molar-refractivity contribution in [3.63, 3.8) is 0 Å². The highest BCUT2D eigenvalue weighted by atomic mass is 16.3. The Morgan fingerprint density at radius 3 is 2.48 bits per heavy atom. The lowest BCUT2D eigenvalue weighted by Gasteiger charge is -2.09. The maximum absolute atomic E-state index is 12.4. The Labute approximate surface area is 155 Å². The minimum absolute atomic E-state index is 0.235. The molecule has 0 spiro atoms. The number of aromatic nitrogens is 2. The van der Waals surface area contributed by atoms with Crippen LogP contribution in [-0.4, -0.2) is 21.0 Å². The summed E-state index contributed by atoms with van der Waals surface area (Å²) in [5.41, 5.74) is 3.87. The van der Waals surface area contributed by atoms with Gasteiger partial charge in [-0.25, -0.2) is 4.98 Å². The molecule has 4 N–H and O–H groups in total. The lowest BCUT2D eigenvalue weighted by molar-refractivity contribution is 0.102. The number of imidazole rings is 1. The van der Waals surface area contributed by atoms with Gasteiger partial charge in [0.05, 0.1) is 11.0 Å². The highest BCUT2D eigenvalue weighted by Gasteiger charge is 2.09. The number of H-pyrrole nitrogens is 1. The van der Waals surface area contributed by atoms with Gasteiger partial charge < -0.3 is 15.4 Å². The van der Waals surface area contributed by atoms with E-state index in [1.54, 1.807) is 24.3 Å². The summed E-state index contributed by atoms with van der Waals surface area (Å²) in [7, 11) is 0. The zero-order chi connectivity index (χ0) is 18.6. The van der Waals surface area contributed by atoms with Gasteiger partial charge in [-0.3, -0.25) is 10.1 Å². The van der Waals surface area contributed by atoms with Crippen LogP contribution in [0.4, 0.5) is 11.6 Å². The van der Waals surface area contributed by atoms with E-state index in [2.05, 4.69) is 20.6 Å². The number of anilines is 2. The number of nitrogens with zero attached hydrogens (tertiary/aromatic N) is 1. The average molecular weight is 358 g/mol. The van der Waals surface area contributed by atoms with Crippen LogP contribution in [-0.2, 0) is 6.54 Å². The summed E-state index contributed by atoms with van der Waals surface area (Å²) >= 11 is 0. The van der Waals surface area contributed by atoms with Gasteiger partial charge in [0.25, 0.3) is 5.91 Å². The predicted octanol–water partition coefficient (Wildman–Crippen LogP) is 4.13. The lowest BCUT2D eigenvalue weighted by Crippen LogP contribution is -2.13. The Balaban J connectivity index is 1.40. The van der Waals surface area contributed by atoms with Crippen molar-refractivity contribution in [3.8, 4) is 5.75 Å². The first-order chi connectivity index (χ1) is 13.2. The average Bonchev–Trinajstić information content (AvgIpc) is 3.10. The van der Waals surface area contributed by atoms with Gasteiger partial charge in [-0.05, 0) is 42.5 Å². The molecule has 1 amide bonds. The van der Waals surface area contributed by atoms with Gasteiger partial charge in [-0.1, -0.05) is 30.3 Å². The second-order valence-corrected chi connectivity index (χ2v) is 6.12. The van der Waals surface area contributed by atoms with E-state index in [-0.39, 0.29) is 11.7 Å². The maximum atomic E-state index is 12.4. The van der Waals surface area contributed by atoms with Gasteiger partial charge in [0, 0.05) is 23.4 Å². The van der Waals surface area contributed by atoms with Crippen LogP contribution in [0.15, 0.2) is 72.8 Å². The topological polar surface area (TPSA) is 90.0 Å². The van der Waals surface area contributed by atoms with Crippen molar-refractivity contribution in [1.82, 2.24) is 9.97 Å². The summed E-state index contributed by atoms with van der Waals surface area (Å²) in [4.78, 5) is 19.8. The van der Waals surface area contributed by atoms with E-state index >= 15 is 0 Å². The molecule has 0 saturated heterocycles. The first-order valence-corrected chi connectivity index (χ1v) is 8.56. The number of aromatic amines is 1. The minimum Gasteiger partial charge on any atom is -0.508 e. The van der Waals surface area contributed by atoms with Crippen LogP contribution in [0.2, 0.25) is 0 Å². The smallest absolute Gasteiger partial charge is 0.257 e. The number of phenolic OH excluding ortho intramolecular Hbond substituents is 1. The first kappa shape index (κ1) is 16.7. The number of para-hydroxylation sites is 3. The van der Waals surface area contributed by atoms with Gasteiger partial charge in [-0.15, -0.1) is 0 Å². The molecule has 1 aromatic heterocycles. The van der Waals surface area contributed by atoms with Gasteiger partial charge in [0.2, 0.25) is 5.95 Å². The summed E-state index contributed by atoms with van der Waals surface area (Å²) < 4.78 is 0. The van der Waals surface area contributed by atoms with Crippen molar-refractivity contribution in [2.75, 3.05) is 10.6 Å². The molecule has 27 heavy (non-hydrogen) atoms. The van der Waals surface area contributed by atoms with Crippen molar-refractivity contribution < 1.29 is 9.90 Å². The highest BCUT2D eigenvalue weighted by molar-refractivity contribution is 6.04. The van der Waals surface area contributed by atoms with Gasteiger partial charge >= 0.3 is 0 Å². The lowest BCUT2D eigenvalue weighted by atomic mass is 10.1. The third-order valence-electron chi connectivity index (χ3n) is 4.24. The molecule has 0 bridgehead atoms. The molecule has 4 aromatic rings. The number of carbonyl (C=O) groups excluding carboxylic acids is 1. The van der Waals surface area contributed by atoms with Gasteiger partial charge in [-0.2, -0.15) is 0 Å². The Hall–Kier alpha value is -3.80. The maximum Gasteiger partial charge on any atom is 0.257 e. The molecule has 3 aromatic carbocycles. The number of amides is 1. The monoisotopic (exact) mass is 358 g/mol. The Morgan fingerprint density at radius 2 is 1.70 bits per heavy atom. The number of hydrogen-bond acceptors (Lipinski definition) is 4. The summed E-state index contributed by atoms with van der Waals surface area (Å²) in [6.45, 7) is 0.497. The van der Waals surface area contributed by atoms with E-state index in [0.29, 0.717) is 18.1 Å². The third-order valence-corrected chi connectivity index (χ3v) is 4.24. The van der Waals surface area contributed by atoms with Crippen LogP contribution in [0.1, 0.15) is 15.9 Å². The predicted molar refractivity (Wildman–Crippen MR) is 106 cm³/mol. The van der Waals surface area contributed by atoms with E-state index in [1.165, 1.54) is 0 Å². The molecule has 4 rings (SSSR count). The molecule has 0 unspecified atom stereocenters. The van der Waals surface area contributed by atoms with Crippen LogP contribution in [0, 0.1) is 0 Å². The number of rotatable bonds is 5. The Morgan fingerprint density at radius 1 is 0.963 bits per heavy atom. The van der Waals surface area contributed by atoms with Crippen LogP contribution < -0.4 is 10.6 Å². The second kappa shape index (κ2) is 7.21. The van der Waals surface area contributed by atoms with Crippen molar-refractivity contribution in [2.24, 2.45) is 0 Å². The number of fused-ring (bicyclic) bond motifs is 1. The van der Waals surface area contributed by atoms with Crippen LogP contribution >= 0.6 is 0 Å². The molecule has 0 atom stereocenters. The molecule has 0 aliphatic heterocycles. The molecule has 134 valence electrons. The molecule has 6 nitrogen and oxygen atoms in total. The minimum atomic E-state index is -0.235. The quantitative estimate of drug-likeness (QED) is 0.432. The first-order valence-electron chi connectivity index (χ1n) is 8.56. The molecule has 0 aliphatic carbocycles. The van der Waals surface area contributed by atoms with E-state index in [0.717, 1.165) is 22.3 Å². The van der Waals surface area contributed by atoms with E-state index < -0.39 is 0 Å². The molecular formula is C21H18N4O2. The molecular weight excluding hydrogens is 340 g/mol. The molecule has 6 heteroatoms. The SMILES string of the molecule is O=C(Nc1nc2ccccc2[nH]1)c1ccc(NCc2ccccc2O)cc1.